The lowest BCUT2D eigenvalue weighted by molar-refractivity contribution is -0.132. The van der Waals surface area contributed by atoms with Gasteiger partial charge in [-0.1, -0.05) is 76.3 Å². The minimum absolute atomic E-state index is 0.00328. The maximum Gasteiger partial charge on any atom is 0.401 e. The van der Waals surface area contributed by atoms with Crippen molar-refractivity contribution in [3.63, 3.8) is 0 Å². The Morgan fingerprint density at radius 1 is 1.04 bits per heavy atom. The van der Waals surface area contributed by atoms with Gasteiger partial charge in [-0.25, -0.2) is 8.42 Å². The standard InChI is InChI=1S/C33H50F3N3O6S/c1-4-11-27(32(43)39-28(20-25-14-9-6-10-15-25)30(41)29(40)18-23(2)3)38-31(42)26(19-24-12-7-5-8-13-24)21-46(44,45)17-16-37-22-33(34,35)36/h1,5,7-8,12-13,23,25-30,37,40-41H,6,9-11,14-22H2,2-3H3,(H,38,42)(H,39,43)/t26?,27-,28-,29-,30+/m0/s1. The summed E-state index contributed by atoms with van der Waals surface area (Å²) in [6.45, 7) is 2.03. The van der Waals surface area contributed by atoms with Crippen molar-refractivity contribution in [1.29, 1.82) is 0 Å². The van der Waals surface area contributed by atoms with Crippen molar-refractivity contribution in [1.82, 2.24) is 16.0 Å². The molecular formula is C33H50F3N3O6S. The van der Waals surface area contributed by atoms with E-state index in [0.717, 1.165) is 32.1 Å². The Morgan fingerprint density at radius 2 is 1.70 bits per heavy atom. The fourth-order valence-corrected chi connectivity index (χ4v) is 7.33. The Morgan fingerprint density at radius 3 is 2.28 bits per heavy atom. The van der Waals surface area contributed by atoms with E-state index in [1.54, 1.807) is 30.3 Å². The number of carbonyl (C=O) groups excluding carboxylic acids is 2. The van der Waals surface area contributed by atoms with Crippen LogP contribution in [-0.4, -0.2) is 85.5 Å². The highest BCUT2D eigenvalue weighted by molar-refractivity contribution is 7.91. The molecule has 1 unspecified atom stereocenters. The minimum Gasteiger partial charge on any atom is -0.390 e. The normalized spacial score (nSPS) is 17.8. The molecule has 13 heteroatoms. The Bertz CT molecular complexity index is 1220. The molecule has 1 aliphatic carbocycles. The summed E-state index contributed by atoms with van der Waals surface area (Å²) in [5, 5.41) is 29.3. The Kier molecular flexibility index (Phi) is 16.5. The maximum atomic E-state index is 13.6. The third kappa shape index (κ3) is 15.3. The fraction of sp³-hybridized carbons (Fsp3) is 0.697. The third-order valence-electron chi connectivity index (χ3n) is 8.18. The zero-order chi connectivity index (χ0) is 34.3. The highest BCUT2D eigenvalue weighted by atomic mass is 32.2. The quantitative estimate of drug-likeness (QED) is 0.112. The van der Waals surface area contributed by atoms with Gasteiger partial charge in [0.05, 0.1) is 36.1 Å². The average molecular weight is 674 g/mol. The first-order valence-corrected chi connectivity index (χ1v) is 17.8. The number of amides is 2. The number of sulfone groups is 1. The summed E-state index contributed by atoms with van der Waals surface area (Å²) in [6.07, 6.45) is 4.31. The van der Waals surface area contributed by atoms with Crippen molar-refractivity contribution in [3.05, 3.63) is 35.9 Å². The zero-order valence-corrected chi connectivity index (χ0v) is 27.6. The fourth-order valence-electron chi connectivity index (χ4n) is 5.83. The van der Waals surface area contributed by atoms with E-state index >= 15 is 0 Å². The summed E-state index contributed by atoms with van der Waals surface area (Å²) in [5.41, 5.74) is 0.654. The van der Waals surface area contributed by atoms with E-state index in [0.29, 0.717) is 18.4 Å². The molecule has 0 heterocycles. The van der Waals surface area contributed by atoms with E-state index in [2.05, 4.69) is 21.9 Å². The summed E-state index contributed by atoms with van der Waals surface area (Å²) in [5.74, 6) is -1.15. The number of benzene rings is 1. The van der Waals surface area contributed by atoms with Crippen molar-refractivity contribution >= 4 is 21.7 Å². The molecule has 2 amide bonds. The second kappa shape index (κ2) is 19.2. The third-order valence-corrected chi connectivity index (χ3v) is 9.92. The summed E-state index contributed by atoms with van der Waals surface area (Å²) in [4.78, 5) is 27.1. The van der Waals surface area contributed by atoms with E-state index < -0.39 is 82.6 Å². The van der Waals surface area contributed by atoms with Gasteiger partial charge >= 0.3 is 6.18 Å². The molecular weight excluding hydrogens is 623 g/mol. The SMILES string of the molecule is C#CC[C@H](NC(=O)C(Cc1ccccc1)CS(=O)(=O)CCNCC(F)(F)F)C(=O)N[C@@H](CC1CCCCC1)[C@@H](O)[C@@H](O)CC(C)C. The molecule has 0 aliphatic heterocycles. The smallest absolute Gasteiger partial charge is 0.390 e. The zero-order valence-electron chi connectivity index (χ0n) is 26.8. The van der Waals surface area contributed by atoms with Crippen LogP contribution in [0, 0.1) is 30.1 Å². The maximum absolute atomic E-state index is 13.6. The molecule has 1 aromatic carbocycles. The largest absolute Gasteiger partial charge is 0.401 e. The Labute approximate surface area is 271 Å². The predicted octanol–water partition coefficient (Wildman–Crippen LogP) is 3.14. The van der Waals surface area contributed by atoms with E-state index in [9.17, 15) is 41.4 Å². The van der Waals surface area contributed by atoms with Crippen molar-refractivity contribution in [2.24, 2.45) is 17.8 Å². The van der Waals surface area contributed by atoms with Gasteiger partial charge in [0, 0.05) is 13.0 Å². The first kappa shape index (κ1) is 39.5. The van der Waals surface area contributed by atoms with Crippen molar-refractivity contribution in [3.8, 4) is 12.3 Å². The van der Waals surface area contributed by atoms with Crippen LogP contribution in [0.2, 0.25) is 0 Å². The molecule has 5 N–H and O–H groups in total. The molecule has 5 atom stereocenters. The number of rotatable bonds is 19. The van der Waals surface area contributed by atoms with Gasteiger partial charge in [-0.2, -0.15) is 13.2 Å². The second-order valence-corrected chi connectivity index (χ2v) is 15.0. The van der Waals surface area contributed by atoms with Gasteiger partial charge in [0.15, 0.2) is 9.84 Å². The number of halogens is 3. The van der Waals surface area contributed by atoms with E-state index in [1.165, 1.54) is 0 Å². The lowest BCUT2D eigenvalue weighted by Crippen LogP contribution is -2.56. The molecule has 0 bridgehead atoms. The number of hydrogen-bond donors (Lipinski definition) is 5. The van der Waals surface area contributed by atoms with Crippen LogP contribution in [0.15, 0.2) is 30.3 Å². The van der Waals surface area contributed by atoms with Crippen LogP contribution < -0.4 is 16.0 Å². The minimum atomic E-state index is -4.50. The van der Waals surface area contributed by atoms with Crippen LogP contribution in [0.1, 0.15) is 70.8 Å². The molecule has 0 saturated heterocycles. The monoisotopic (exact) mass is 673 g/mol. The van der Waals surface area contributed by atoms with Crippen LogP contribution >= 0.6 is 0 Å². The predicted molar refractivity (Wildman–Crippen MR) is 171 cm³/mol. The van der Waals surface area contributed by atoms with Gasteiger partial charge in [-0.15, -0.1) is 12.3 Å². The van der Waals surface area contributed by atoms with Gasteiger partial charge < -0.3 is 26.2 Å². The van der Waals surface area contributed by atoms with Gasteiger partial charge in [-0.05, 0) is 36.7 Å². The first-order valence-electron chi connectivity index (χ1n) is 16.0. The second-order valence-electron chi connectivity index (χ2n) is 12.8. The molecule has 0 spiro atoms. The van der Waals surface area contributed by atoms with Gasteiger partial charge in [0.25, 0.3) is 0 Å². The van der Waals surface area contributed by atoms with Crippen molar-refractivity contribution < 1.29 is 41.4 Å². The molecule has 1 fully saturated rings. The van der Waals surface area contributed by atoms with E-state index in [4.69, 9.17) is 6.42 Å². The topological polar surface area (TPSA) is 145 Å². The van der Waals surface area contributed by atoms with Crippen LogP contribution in [0.25, 0.3) is 0 Å². The highest BCUT2D eigenvalue weighted by Crippen LogP contribution is 2.29. The van der Waals surface area contributed by atoms with Gasteiger partial charge in [0.2, 0.25) is 11.8 Å². The van der Waals surface area contributed by atoms with Crippen LogP contribution in [0.3, 0.4) is 0 Å². The number of nitrogens with one attached hydrogen (secondary N) is 3. The number of aliphatic hydroxyl groups excluding tert-OH is 2. The first-order chi connectivity index (χ1) is 21.6. The number of aliphatic hydroxyl groups is 2. The summed E-state index contributed by atoms with van der Waals surface area (Å²) in [6, 6.07) is 6.57. The van der Waals surface area contributed by atoms with Crippen molar-refractivity contribution in [2.75, 3.05) is 24.6 Å². The molecule has 1 saturated carbocycles. The number of alkyl halides is 3. The molecule has 1 aliphatic rings. The summed E-state index contributed by atoms with van der Waals surface area (Å²) in [7, 11) is -3.99. The Balaban J connectivity index is 2.21. The molecule has 0 radical (unpaired) electrons. The molecule has 2 rings (SSSR count). The number of carbonyl (C=O) groups is 2. The van der Waals surface area contributed by atoms with Gasteiger partial charge in [0.1, 0.15) is 12.1 Å². The van der Waals surface area contributed by atoms with E-state index in [1.807, 2.05) is 13.8 Å². The summed E-state index contributed by atoms with van der Waals surface area (Å²) < 4.78 is 63.2. The van der Waals surface area contributed by atoms with Crippen LogP contribution in [0.5, 0.6) is 0 Å². The number of hydrogen-bond acceptors (Lipinski definition) is 7. The van der Waals surface area contributed by atoms with Crippen LogP contribution in [0.4, 0.5) is 13.2 Å². The molecule has 46 heavy (non-hydrogen) atoms. The molecule has 1 aromatic rings. The highest BCUT2D eigenvalue weighted by Gasteiger charge is 2.34. The molecule has 260 valence electrons. The average Bonchev–Trinajstić information content (AvgIpc) is 2.98. The number of terminal acetylenes is 1. The lowest BCUT2D eigenvalue weighted by atomic mass is 9.82. The van der Waals surface area contributed by atoms with Crippen molar-refractivity contribution in [2.45, 2.75) is 102 Å². The Hall–Kier alpha value is -2.66. The molecule has 9 nitrogen and oxygen atoms in total. The molecule has 0 aromatic heterocycles. The van der Waals surface area contributed by atoms with Gasteiger partial charge in [-0.3, -0.25) is 9.59 Å². The lowest BCUT2D eigenvalue weighted by Gasteiger charge is -2.33. The van der Waals surface area contributed by atoms with E-state index in [-0.39, 0.29) is 24.7 Å². The summed E-state index contributed by atoms with van der Waals surface area (Å²) >= 11 is 0. The van der Waals surface area contributed by atoms with Crippen LogP contribution in [-0.2, 0) is 25.8 Å².